The lowest BCUT2D eigenvalue weighted by molar-refractivity contribution is 0.180. The second-order valence-electron chi connectivity index (χ2n) is 5.80. The van der Waals surface area contributed by atoms with Crippen LogP contribution in [0.25, 0.3) is 0 Å². The first-order chi connectivity index (χ1) is 12.8. The van der Waals surface area contributed by atoms with Crippen molar-refractivity contribution in [3.63, 3.8) is 0 Å². The summed E-state index contributed by atoms with van der Waals surface area (Å²) in [4.78, 5) is 0. The van der Waals surface area contributed by atoms with Gasteiger partial charge in [-0.25, -0.2) is 0 Å². The van der Waals surface area contributed by atoms with Gasteiger partial charge in [-0.3, -0.25) is 0 Å². The molecule has 0 saturated heterocycles. The molecular formula is C22H22N2O2. The number of hydrogen-bond donors (Lipinski definition) is 0. The van der Waals surface area contributed by atoms with Gasteiger partial charge in [-0.15, -0.1) is 0 Å². The summed E-state index contributed by atoms with van der Waals surface area (Å²) in [5.74, 6) is 0.379. The standard InChI is InChI=1S/C22H22N2O2/c23-15-21(13-19-7-1-2-8-19)17-25-11-5-6-12-26-18-22(16-24)14-20-9-3-4-10-20/h1-10,13-14,19-20H,11-12,17-18H2/b6-5+,21-13+,22-14+. The van der Waals surface area contributed by atoms with Crippen LogP contribution in [0, 0.1) is 34.5 Å². The molecule has 0 heterocycles. The number of nitrogens with zero attached hydrogens (tertiary/aromatic N) is 2. The number of allylic oxidation sites excluding steroid dienone is 10. The molecule has 0 atom stereocenters. The molecule has 0 saturated carbocycles. The first kappa shape index (κ1) is 19.4. The van der Waals surface area contributed by atoms with Crippen molar-refractivity contribution in [2.75, 3.05) is 26.4 Å². The van der Waals surface area contributed by atoms with Crippen LogP contribution in [0.3, 0.4) is 0 Å². The van der Waals surface area contributed by atoms with E-state index in [1.165, 1.54) is 0 Å². The van der Waals surface area contributed by atoms with Gasteiger partial charge in [0.1, 0.15) is 0 Å². The summed E-state index contributed by atoms with van der Waals surface area (Å²) in [6.45, 7) is 1.42. The Labute approximate surface area is 155 Å². The average molecular weight is 346 g/mol. The Morgan fingerprint density at radius 3 is 1.46 bits per heavy atom. The summed E-state index contributed by atoms with van der Waals surface area (Å²) in [5.41, 5.74) is 1.24. The van der Waals surface area contributed by atoms with E-state index in [1.807, 2.05) is 72.9 Å². The zero-order valence-corrected chi connectivity index (χ0v) is 14.6. The van der Waals surface area contributed by atoms with Crippen LogP contribution in [0.5, 0.6) is 0 Å². The predicted octanol–water partition coefficient (Wildman–Crippen LogP) is 3.96. The van der Waals surface area contributed by atoms with Crippen LogP contribution in [-0.4, -0.2) is 26.4 Å². The predicted molar refractivity (Wildman–Crippen MR) is 102 cm³/mol. The van der Waals surface area contributed by atoms with E-state index in [9.17, 15) is 0 Å². The van der Waals surface area contributed by atoms with Crippen molar-refractivity contribution in [2.45, 2.75) is 0 Å². The van der Waals surface area contributed by atoms with Gasteiger partial charge in [0, 0.05) is 11.8 Å². The first-order valence-corrected chi connectivity index (χ1v) is 8.54. The molecule has 4 nitrogen and oxygen atoms in total. The van der Waals surface area contributed by atoms with Gasteiger partial charge in [-0.2, -0.15) is 10.5 Å². The molecule has 0 unspecified atom stereocenters. The van der Waals surface area contributed by atoms with E-state index in [0.29, 0.717) is 37.6 Å². The van der Waals surface area contributed by atoms with E-state index in [4.69, 9.17) is 20.0 Å². The maximum atomic E-state index is 9.11. The van der Waals surface area contributed by atoms with E-state index in [-0.39, 0.29) is 11.8 Å². The lowest BCUT2D eigenvalue weighted by Crippen LogP contribution is -2.00. The summed E-state index contributed by atoms with van der Waals surface area (Å²) in [6.07, 6.45) is 23.5. The quantitative estimate of drug-likeness (QED) is 0.341. The molecule has 2 aliphatic carbocycles. The average Bonchev–Trinajstić information content (AvgIpc) is 3.35. The summed E-state index contributed by atoms with van der Waals surface area (Å²) < 4.78 is 10.9. The minimum absolute atomic E-state index is 0.190. The van der Waals surface area contributed by atoms with E-state index < -0.39 is 0 Å². The second kappa shape index (κ2) is 11.6. The van der Waals surface area contributed by atoms with Crippen molar-refractivity contribution in [1.82, 2.24) is 0 Å². The van der Waals surface area contributed by atoms with Crippen LogP contribution in [0.1, 0.15) is 0 Å². The van der Waals surface area contributed by atoms with Gasteiger partial charge in [0.25, 0.3) is 0 Å². The fourth-order valence-corrected chi connectivity index (χ4v) is 2.43. The van der Waals surface area contributed by atoms with E-state index in [0.717, 1.165) is 0 Å². The molecular weight excluding hydrogens is 324 g/mol. The number of rotatable bonds is 10. The molecule has 0 aromatic heterocycles. The molecule has 0 aromatic rings. The molecule has 0 aliphatic heterocycles. The summed E-state index contributed by atoms with van der Waals surface area (Å²) in [7, 11) is 0. The summed E-state index contributed by atoms with van der Waals surface area (Å²) in [5, 5.41) is 18.2. The second-order valence-corrected chi connectivity index (χ2v) is 5.80. The largest absolute Gasteiger partial charge is 0.372 e. The van der Waals surface area contributed by atoms with Crippen molar-refractivity contribution in [3.8, 4) is 12.1 Å². The van der Waals surface area contributed by atoms with Crippen LogP contribution in [-0.2, 0) is 9.47 Å². The number of ether oxygens (including phenoxy) is 2. The zero-order valence-electron chi connectivity index (χ0n) is 14.6. The molecule has 0 bridgehead atoms. The SMILES string of the molecule is N#C/C(=C\C1C=CC=C1)COC/C=C/COC/C(C#N)=C/C1C=CC=C1. The molecule has 0 spiro atoms. The van der Waals surface area contributed by atoms with Crippen LogP contribution in [0.4, 0.5) is 0 Å². The highest BCUT2D eigenvalue weighted by Crippen LogP contribution is 2.13. The molecule has 2 aliphatic rings. The molecule has 132 valence electrons. The summed E-state index contributed by atoms with van der Waals surface area (Å²) in [6, 6.07) is 4.32. The van der Waals surface area contributed by atoms with E-state index in [1.54, 1.807) is 0 Å². The molecule has 0 N–H and O–H groups in total. The van der Waals surface area contributed by atoms with Gasteiger partial charge in [0.2, 0.25) is 0 Å². The maximum Gasteiger partial charge on any atom is 0.0968 e. The molecule has 0 radical (unpaired) electrons. The fourth-order valence-electron chi connectivity index (χ4n) is 2.43. The van der Waals surface area contributed by atoms with Gasteiger partial charge in [0.15, 0.2) is 0 Å². The third-order valence-corrected chi connectivity index (χ3v) is 3.74. The Hall–Kier alpha value is -2.92. The smallest absolute Gasteiger partial charge is 0.0968 e. The fraction of sp³-hybridized carbons (Fsp3) is 0.273. The third kappa shape index (κ3) is 7.32. The molecule has 0 amide bonds. The summed E-state index contributed by atoms with van der Waals surface area (Å²) >= 11 is 0. The van der Waals surface area contributed by atoms with E-state index in [2.05, 4.69) is 12.1 Å². The minimum Gasteiger partial charge on any atom is -0.372 e. The topological polar surface area (TPSA) is 66.0 Å². The Morgan fingerprint density at radius 2 is 1.12 bits per heavy atom. The van der Waals surface area contributed by atoms with Gasteiger partial charge in [-0.1, -0.05) is 72.9 Å². The van der Waals surface area contributed by atoms with Crippen molar-refractivity contribution in [2.24, 2.45) is 11.8 Å². The first-order valence-electron chi connectivity index (χ1n) is 8.54. The van der Waals surface area contributed by atoms with Gasteiger partial charge in [-0.05, 0) is 0 Å². The highest BCUT2D eigenvalue weighted by molar-refractivity contribution is 5.31. The molecule has 4 heteroatoms. The Bertz CT molecular complexity index is 664. The zero-order chi connectivity index (χ0) is 18.5. The highest BCUT2D eigenvalue weighted by atomic mass is 16.5. The monoisotopic (exact) mass is 346 g/mol. The van der Waals surface area contributed by atoms with Crippen LogP contribution in [0.15, 0.2) is 84.1 Å². The maximum absolute atomic E-state index is 9.11. The lowest BCUT2D eigenvalue weighted by atomic mass is 10.1. The Morgan fingerprint density at radius 1 is 0.731 bits per heavy atom. The van der Waals surface area contributed by atoms with Crippen LogP contribution in [0.2, 0.25) is 0 Å². The Balaban J connectivity index is 1.59. The van der Waals surface area contributed by atoms with Crippen LogP contribution < -0.4 is 0 Å². The Kier molecular flexibility index (Phi) is 8.66. The van der Waals surface area contributed by atoms with Crippen molar-refractivity contribution < 1.29 is 9.47 Å². The van der Waals surface area contributed by atoms with Crippen molar-refractivity contribution in [3.05, 3.63) is 84.1 Å². The van der Waals surface area contributed by atoms with Gasteiger partial charge in [0.05, 0.1) is 49.7 Å². The number of nitriles is 2. The lowest BCUT2D eigenvalue weighted by Gasteiger charge is -2.03. The van der Waals surface area contributed by atoms with Crippen LogP contribution >= 0.6 is 0 Å². The third-order valence-electron chi connectivity index (χ3n) is 3.74. The van der Waals surface area contributed by atoms with E-state index >= 15 is 0 Å². The van der Waals surface area contributed by atoms with Gasteiger partial charge < -0.3 is 9.47 Å². The normalized spacial score (nSPS) is 17.5. The van der Waals surface area contributed by atoms with Crippen molar-refractivity contribution in [1.29, 1.82) is 10.5 Å². The molecule has 26 heavy (non-hydrogen) atoms. The van der Waals surface area contributed by atoms with Crippen molar-refractivity contribution >= 4 is 0 Å². The molecule has 2 rings (SSSR count). The highest BCUT2D eigenvalue weighted by Gasteiger charge is 2.04. The minimum atomic E-state index is 0.190. The number of hydrogen-bond acceptors (Lipinski definition) is 4. The van der Waals surface area contributed by atoms with Gasteiger partial charge >= 0.3 is 0 Å². The molecule has 0 aromatic carbocycles. The molecule has 0 fully saturated rings.